The Morgan fingerprint density at radius 2 is 2.04 bits per heavy atom. The van der Waals surface area contributed by atoms with Crippen molar-refractivity contribution in [3.63, 3.8) is 0 Å². The molecule has 1 unspecified atom stereocenters. The number of aliphatic carboxylic acids is 1. The van der Waals surface area contributed by atoms with E-state index >= 15 is 0 Å². The minimum atomic E-state index is -0.866. The molecular formula is C20H23NO3S. The molecule has 5 heteroatoms. The lowest BCUT2D eigenvalue weighted by Crippen LogP contribution is -2.40. The Hall–Kier alpha value is -2.14. The van der Waals surface area contributed by atoms with Crippen LogP contribution in [0.25, 0.3) is 0 Å². The third-order valence-electron chi connectivity index (χ3n) is 4.83. The number of rotatable bonds is 5. The van der Waals surface area contributed by atoms with E-state index < -0.39 is 11.9 Å². The highest BCUT2D eigenvalue weighted by Crippen LogP contribution is 2.29. The first-order valence-electron chi connectivity index (χ1n) is 8.60. The molecule has 3 rings (SSSR count). The zero-order valence-corrected chi connectivity index (χ0v) is 15.4. The van der Waals surface area contributed by atoms with Gasteiger partial charge < -0.3 is 10.0 Å². The Morgan fingerprint density at radius 3 is 2.72 bits per heavy atom. The van der Waals surface area contributed by atoms with Gasteiger partial charge in [0.15, 0.2) is 0 Å². The highest BCUT2D eigenvalue weighted by molar-refractivity contribution is 7.12. The molecule has 0 saturated heterocycles. The molecule has 1 amide bonds. The summed E-state index contributed by atoms with van der Waals surface area (Å²) in [6.45, 7) is 4.99. The Morgan fingerprint density at radius 1 is 1.28 bits per heavy atom. The van der Waals surface area contributed by atoms with Crippen LogP contribution in [-0.4, -0.2) is 28.4 Å². The van der Waals surface area contributed by atoms with Crippen molar-refractivity contribution in [3.05, 3.63) is 56.8 Å². The van der Waals surface area contributed by atoms with Gasteiger partial charge in [-0.1, -0.05) is 24.3 Å². The largest absolute Gasteiger partial charge is 0.481 e. The number of amides is 1. The van der Waals surface area contributed by atoms with Gasteiger partial charge in [0.25, 0.3) is 0 Å². The van der Waals surface area contributed by atoms with E-state index in [-0.39, 0.29) is 12.5 Å². The first kappa shape index (κ1) is 17.7. The normalized spacial score (nSPS) is 16.6. The van der Waals surface area contributed by atoms with E-state index in [0.29, 0.717) is 13.0 Å². The van der Waals surface area contributed by atoms with Gasteiger partial charge in [0, 0.05) is 29.3 Å². The Labute approximate surface area is 152 Å². The van der Waals surface area contributed by atoms with Gasteiger partial charge in [0.2, 0.25) is 5.91 Å². The number of hydrogen-bond acceptors (Lipinski definition) is 3. The monoisotopic (exact) mass is 357 g/mol. The van der Waals surface area contributed by atoms with Crippen LogP contribution in [0.4, 0.5) is 0 Å². The van der Waals surface area contributed by atoms with Crippen molar-refractivity contribution in [2.75, 3.05) is 6.54 Å². The maximum absolute atomic E-state index is 12.6. The second-order valence-electron chi connectivity index (χ2n) is 6.66. The molecule has 132 valence electrons. The fourth-order valence-electron chi connectivity index (χ4n) is 3.53. The van der Waals surface area contributed by atoms with Gasteiger partial charge >= 0.3 is 5.97 Å². The molecule has 2 aromatic rings. The third kappa shape index (κ3) is 3.93. The van der Waals surface area contributed by atoms with Crippen LogP contribution in [0.2, 0.25) is 0 Å². The quantitative estimate of drug-likeness (QED) is 0.883. The van der Waals surface area contributed by atoms with E-state index in [1.165, 1.54) is 15.3 Å². The zero-order valence-electron chi connectivity index (χ0n) is 14.6. The van der Waals surface area contributed by atoms with Crippen LogP contribution in [0, 0.1) is 13.8 Å². The molecule has 1 aliphatic rings. The van der Waals surface area contributed by atoms with Crippen molar-refractivity contribution >= 4 is 23.2 Å². The average Bonchev–Trinajstić information content (AvgIpc) is 2.91. The number of aryl methyl sites for hydroxylation is 3. The molecule has 1 aromatic heterocycles. The standard InChI is InChI=1S/C20H23NO3S/c1-13-10-15(14(2)25-13)7-5-9-19(22)21-11-16-6-3-4-8-17(16)18(12-21)20(23)24/h3-4,6,8,10,18H,5,7,9,11-12H2,1-2H3,(H,23,24). The predicted octanol–water partition coefficient (Wildman–Crippen LogP) is 3.90. The minimum absolute atomic E-state index is 0.0466. The summed E-state index contributed by atoms with van der Waals surface area (Å²) in [7, 11) is 0. The molecule has 0 spiro atoms. The molecule has 0 aliphatic carbocycles. The maximum atomic E-state index is 12.6. The minimum Gasteiger partial charge on any atom is -0.481 e. The van der Waals surface area contributed by atoms with Crippen molar-refractivity contribution in [2.45, 2.75) is 45.6 Å². The molecule has 1 atom stereocenters. The number of hydrogen-bond donors (Lipinski definition) is 1. The van der Waals surface area contributed by atoms with Gasteiger partial charge in [-0.15, -0.1) is 11.3 Å². The smallest absolute Gasteiger partial charge is 0.312 e. The number of carboxylic acid groups (broad SMARTS) is 1. The third-order valence-corrected chi connectivity index (χ3v) is 5.83. The summed E-state index contributed by atoms with van der Waals surface area (Å²) in [5.74, 6) is -1.45. The Balaban J connectivity index is 1.63. The van der Waals surface area contributed by atoms with Crippen LogP contribution in [0.3, 0.4) is 0 Å². The molecule has 1 N–H and O–H groups in total. The molecule has 0 bridgehead atoms. The van der Waals surface area contributed by atoms with Gasteiger partial charge in [0.1, 0.15) is 0 Å². The van der Waals surface area contributed by atoms with E-state index in [2.05, 4.69) is 19.9 Å². The van der Waals surface area contributed by atoms with Crippen molar-refractivity contribution < 1.29 is 14.7 Å². The molecule has 2 heterocycles. The van der Waals surface area contributed by atoms with Crippen LogP contribution in [-0.2, 0) is 22.6 Å². The van der Waals surface area contributed by atoms with Crippen molar-refractivity contribution in [1.29, 1.82) is 0 Å². The number of thiophene rings is 1. The summed E-state index contributed by atoms with van der Waals surface area (Å²) in [5, 5.41) is 9.51. The first-order chi connectivity index (χ1) is 12.0. The van der Waals surface area contributed by atoms with Crippen molar-refractivity contribution in [1.82, 2.24) is 4.90 Å². The maximum Gasteiger partial charge on any atom is 0.312 e. The molecule has 4 nitrogen and oxygen atoms in total. The number of nitrogens with zero attached hydrogens (tertiary/aromatic N) is 1. The highest BCUT2D eigenvalue weighted by atomic mass is 32.1. The molecule has 0 fully saturated rings. The highest BCUT2D eigenvalue weighted by Gasteiger charge is 2.32. The molecule has 1 aromatic carbocycles. The predicted molar refractivity (Wildman–Crippen MR) is 99.0 cm³/mol. The average molecular weight is 357 g/mol. The van der Waals surface area contributed by atoms with Gasteiger partial charge in [-0.25, -0.2) is 0 Å². The second kappa shape index (κ2) is 7.40. The van der Waals surface area contributed by atoms with Crippen LogP contribution < -0.4 is 0 Å². The fraction of sp³-hybridized carbons (Fsp3) is 0.400. The van der Waals surface area contributed by atoms with Crippen LogP contribution in [0.5, 0.6) is 0 Å². The van der Waals surface area contributed by atoms with Gasteiger partial charge in [-0.3, -0.25) is 9.59 Å². The Bertz CT molecular complexity index is 796. The zero-order chi connectivity index (χ0) is 18.0. The van der Waals surface area contributed by atoms with Crippen molar-refractivity contribution in [2.24, 2.45) is 0 Å². The van der Waals surface area contributed by atoms with E-state index in [9.17, 15) is 14.7 Å². The van der Waals surface area contributed by atoms with Crippen molar-refractivity contribution in [3.8, 4) is 0 Å². The fourth-order valence-corrected chi connectivity index (χ4v) is 4.50. The van der Waals surface area contributed by atoms with Gasteiger partial charge in [0.05, 0.1) is 5.92 Å². The molecule has 1 aliphatic heterocycles. The summed E-state index contributed by atoms with van der Waals surface area (Å²) in [6, 6.07) is 9.73. The molecule has 0 saturated carbocycles. The van der Waals surface area contributed by atoms with Gasteiger partial charge in [-0.2, -0.15) is 0 Å². The van der Waals surface area contributed by atoms with E-state index in [1.54, 1.807) is 16.2 Å². The lowest BCUT2D eigenvalue weighted by molar-refractivity contribution is -0.141. The Kier molecular flexibility index (Phi) is 5.23. The number of carbonyl (C=O) groups excluding carboxylic acids is 1. The summed E-state index contributed by atoms with van der Waals surface area (Å²) in [5.41, 5.74) is 3.10. The lowest BCUT2D eigenvalue weighted by Gasteiger charge is -2.33. The summed E-state index contributed by atoms with van der Waals surface area (Å²) >= 11 is 1.79. The number of fused-ring (bicyclic) bond motifs is 1. The summed E-state index contributed by atoms with van der Waals surface area (Å²) in [6.07, 6.45) is 2.16. The second-order valence-corrected chi connectivity index (χ2v) is 8.12. The molecule has 25 heavy (non-hydrogen) atoms. The molecule has 0 radical (unpaired) electrons. The SMILES string of the molecule is Cc1cc(CCCC(=O)N2Cc3ccccc3C(C(=O)O)C2)c(C)s1. The first-order valence-corrected chi connectivity index (χ1v) is 9.41. The summed E-state index contributed by atoms with van der Waals surface area (Å²) in [4.78, 5) is 28.5. The van der Waals surface area contributed by atoms with Gasteiger partial charge in [-0.05, 0) is 49.4 Å². The van der Waals surface area contributed by atoms with E-state index in [0.717, 1.165) is 24.0 Å². The number of carbonyl (C=O) groups is 2. The molecular weight excluding hydrogens is 334 g/mol. The van der Waals surface area contributed by atoms with Crippen LogP contribution in [0.15, 0.2) is 30.3 Å². The van der Waals surface area contributed by atoms with E-state index in [4.69, 9.17) is 0 Å². The summed E-state index contributed by atoms with van der Waals surface area (Å²) < 4.78 is 0. The van der Waals surface area contributed by atoms with Crippen LogP contribution in [0.1, 0.15) is 45.2 Å². The number of benzene rings is 1. The van der Waals surface area contributed by atoms with Crippen LogP contribution >= 0.6 is 11.3 Å². The number of carboxylic acids is 1. The van der Waals surface area contributed by atoms with E-state index in [1.807, 2.05) is 24.3 Å². The topological polar surface area (TPSA) is 57.6 Å². The lowest BCUT2D eigenvalue weighted by atomic mass is 9.89.